The fourth-order valence-electron chi connectivity index (χ4n) is 5.06. The SMILES string of the molecule is COCCN1C(=O)c2ccccc2C(C(=O)NCc2ccccc2)C12CCCC2. The molecule has 0 aromatic heterocycles. The van der Waals surface area contributed by atoms with Crippen molar-refractivity contribution in [2.75, 3.05) is 20.3 Å². The van der Waals surface area contributed by atoms with Crippen molar-refractivity contribution in [1.82, 2.24) is 10.2 Å². The first-order chi connectivity index (χ1) is 14.2. The van der Waals surface area contributed by atoms with Crippen molar-refractivity contribution in [2.45, 2.75) is 43.7 Å². The van der Waals surface area contributed by atoms with Crippen LogP contribution in [0.5, 0.6) is 0 Å². The van der Waals surface area contributed by atoms with Gasteiger partial charge in [-0.25, -0.2) is 0 Å². The molecule has 1 atom stereocenters. The molecule has 1 aliphatic carbocycles. The third kappa shape index (κ3) is 3.55. The second-order valence-corrected chi connectivity index (χ2v) is 7.98. The molecule has 1 fully saturated rings. The second-order valence-electron chi connectivity index (χ2n) is 7.98. The summed E-state index contributed by atoms with van der Waals surface area (Å²) < 4.78 is 5.29. The number of ether oxygens (including phenoxy) is 1. The molecule has 2 amide bonds. The first-order valence-corrected chi connectivity index (χ1v) is 10.4. The maximum Gasteiger partial charge on any atom is 0.254 e. The van der Waals surface area contributed by atoms with Gasteiger partial charge in [0.25, 0.3) is 5.91 Å². The molecule has 2 aromatic rings. The van der Waals surface area contributed by atoms with Crippen LogP contribution in [0.4, 0.5) is 0 Å². The zero-order valence-electron chi connectivity index (χ0n) is 16.9. The summed E-state index contributed by atoms with van der Waals surface area (Å²) in [6.45, 7) is 1.46. The Labute approximate surface area is 172 Å². The molecule has 152 valence electrons. The lowest BCUT2D eigenvalue weighted by Crippen LogP contribution is -2.61. The predicted octanol–water partition coefficient (Wildman–Crippen LogP) is 3.50. The van der Waals surface area contributed by atoms with Crippen LogP contribution in [0.2, 0.25) is 0 Å². The van der Waals surface area contributed by atoms with Crippen molar-refractivity contribution >= 4 is 11.8 Å². The predicted molar refractivity (Wildman–Crippen MR) is 112 cm³/mol. The second kappa shape index (κ2) is 8.37. The Morgan fingerprint density at radius 2 is 1.79 bits per heavy atom. The van der Waals surface area contributed by atoms with E-state index in [1.165, 1.54) is 0 Å². The summed E-state index contributed by atoms with van der Waals surface area (Å²) >= 11 is 0. The normalized spacial score (nSPS) is 20.0. The van der Waals surface area contributed by atoms with Crippen LogP contribution < -0.4 is 5.32 Å². The van der Waals surface area contributed by atoms with Gasteiger partial charge in [0.1, 0.15) is 0 Å². The third-order valence-corrected chi connectivity index (χ3v) is 6.38. The monoisotopic (exact) mass is 392 g/mol. The summed E-state index contributed by atoms with van der Waals surface area (Å²) in [6.07, 6.45) is 3.75. The molecule has 2 aromatic carbocycles. The van der Waals surface area contributed by atoms with Gasteiger partial charge in [-0.05, 0) is 30.0 Å². The number of methoxy groups -OCH3 is 1. The smallest absolute Gasteiger partial charge is 0.254 e. The lowest BCUT2D eigenvalue weighted by atomic mass is 9.71. The van der Waals surface area contributed by atoms with E-state index in [0.717, 1.165) is 36.8 Å². The number of carbonyl (C=O) groups is 2. The van der Waals surface area contributed by atoms with Crippen molar-refractivity contribution in [1.29, 1.82) is 0 Å². The van der Waals surface area contributed by atoms with Crippen LogP contribution in [0.15, 0.2) is 54.6 Å². The third-order valence-electron chi connectivity index (χ3n) is 6.38. The molecule has 0 radical (unpaired) electrons. The van der Waals surface area contributed by atoms with E-state index in [0.29, 0.717) is 25.3 Å². The quantitative estimate of drug-likeness (QED) is 0.819. The number of rotatable bonds is 6. The van der Waals surface area contributed by atoms with Crippen LogP contribution in [-0.2, 0) is 16.1 Å². The van der Waals surface area contributed by atoms with Crippen LogP contribution in [0.25, 0.3) is 0 Å². The van der Waals surface area contributed by atoms with Gasteiger partial charge in [-0.1, -0.05) is 61.4 Å². The van der Waals surface area contributed by atoms with Gasteiger partial charge in [0.2, 0.25) is 5.91 Å². The molecule has 29 heavy (non-hydrogen) atoms. The molecule has 1 unspecified atom stereocenters. The summed E-state index contributed by atoms with van der Waals surface area (Å²) in [5, 5.41) is 3.14. The first kappa shape index (κ1) is 19.6. The number of hydrogen-bond acceptors (Lipinski definition) is 3. The molecule has 4 rings (SSSR count). The summed E-state index contributed by atoms with van der Waals surface area (Å²) in [4.78, 5) is 28.8. The zero-order valence-corrected chi connectivity index (χ0v) is 16.9. The summed E-state index contributed by atoms with van der Waals surface area (Å²) in [5.41, 5.74) is 2.10. The van der Waals surface area contributed by atoms with Crippen molar-refractivity contribution in [2.24, 2.45) is 0 Å². The number of nitrogens with zero attached hydrogens (tertiary/aromatic N) is 1. The molecule has 1 saturated carbocycles. The minimum atomic E-state index is -0.468. The lowest BCUT2D eigenvalue weighted by molar-refractivity contribution is -0.126. The number of amides is 2. The Kier molecular flexibility index (Phi) is 5.67. The largest absolute Gasteiger partial charge is 0.383 e. The molecule has 1 aliphatic heterocycles. The van der Waals surface area contributed by atoms with E-state index in [4.69, 9.17) is 4.74 Å². The van der Waals surface area contributed by atoms with Crippen molar-refractivity contribution in [3.63, 3.8) is 0 Å². The average molecular weight is 392 g/mol. The van der Waals surface area contributed by atoms with Crippen LogP contribution >= 0.6 is 0 Å². The molecule has 5 nitrogen and oxygen atoms in total. The Balaban J connectivity index is 1.71. The van der Waals surface area contributed by atoms with Gasteiger partial charge < -0.3 is 15.0 Å². The summed E-state index contributed by atoms with van der Waals surface area (Å²) in [7, 11) is 1.65. The maximum absolute atomic E-state index is 13.5. The fourth-order valence-corrected chi connectivity index (χ4v) is 5.06. The average Bonchev–Trinajstić information content (AvgIpc) is 3.23. The molecule has 1 N–H and O–H groups in total. The summed E-state index contributed by atoms with van der Waals surface area (Å²) in [5.74, 6) is -0.343. The zero-order chi connectivity index (χ0) is 20.3. The molecule has 1 heterocycles. The number of benzene rings is 2. The molecule has 5 heteroatoms. The highest BCUT2D eigenvalue weighted by Gasteiger charge is 2.55. The van der Waals surface area contributed by atoms with Crippen LogP contribution in [0.3, 0.4) is 0 Å². The first-order valence-electron chi connectivity index (χ1n) is 10.4. The minimum Gasteiger partial charge on any atom is -0.383 e. The van der Waals surface area contributed by atoms with Gasteiger partial charge in [-0.15, -0.1) is 0 Å². The molecule has 2 aliphatic rings. The van der Waals surface area contributed by atoms with Gasteiger partial charge in [-0.2, -0.15) is 0 Å². The Morgan fingerprint density at radius 1 is 1.10 bits per heavy atom. The van der Waals surface area contributed by atoms with E-state index in [-0.39, 0.29) is 17.7 Å². The fraction of sp³-hybridized carbons (Fsp3) is 0.417. The minimum absolute atomic E-state index is 0.00174. The maximum atomic E-state index is 13.5. The number of fused-ring (bicyclic) bond motifs is 1. The van der Waals surface area contributed by atoms with Crippen LogP contribution in [0, 0.1) is 0 Å². The number of nitrogens with one attached hydrogen (secondary N) is 1. The van der Waals surface area contributed by atoms with Gasteiger partial charge >= 0.3 is 0 Å². The van der Waals surface area contributed by atoms with E-state index in [9.17, 15) is 9.59 Å². The summed E-state index contributed by atoms with van der Waals surface area (Å²) in [6, 6.07) is 17.5. The highest BCUT2D eigenvalue weighted by atomic mass is 16.5. The van der Waals surface area contributed by atoms with Gasteiger partial charge in [0, 0.05) is 25.8 Å². The Hall–Kier alpha value is -2.66. The van der Waals surface area contributed by atoms with Crippen LogP contribution in [-0.4, -0.2) is 42.5 Å². The topological polar surface area (TPSA) is 58.6 Å². The molecular weight excluding hydrogens is 364 g/mol. The number of hydrogen-bond donors (Lipinski definition) is 1. The molecular formula is C24H28N2O3. The van der Waals surface area contributed by atoms with E-state index in [1.807, 2.05) is 59.5 Å². The van der Waals surface area contributed by atoms with Gasteiger partial charge in [0.15, 0.2) is 0 Å². The van der Waals surface area contributed by atoms with Gasteiger partial charge in [0.05, 0.1) is 18.1 Å². The van der Waals surface area contributed by atoms with E-state index < -0.39 is 5.54 Å². The van der Waals surface area contributed by atoms with Crippen LogP contribution in [0.1, 0.15) is 53.1 Å². The molecule has 0 saturated heterocycles. The van der Waals surface area contributed by atoms with E-state index >= 15 is 0 Å². The van der Waals surface area contributed by atoms with Crippen molar-refractivity contribution in [3.8, 4) is 0 Å². The van der Waals surface area contributed by atoms with Crippen molar-refractivity contribution in [3.05, 3.63) is 71.3 Å². The Morgan fingerprint density at radius 3 is 2.52 bits per heavy atom. The van der Waals surface area contributed by atoms with Gasteiger partial charge in [-0.3, -0.25) is 9.59 Å². The van der Waals surface area contributed by atoms with Crippen molar-refractivity contribution < 1.29 is 14.3 Å². The molecule has 0 bridgehead atoms. The molecule has 1 spiro atoms. The van der Waals surface area contributed by atoms with E-state index in [1.54, 1.807) is 7.11 Å². The highest BCUT2D eigenvalue weighted by molar-refractivity contribution is 6.02. The lowest BCUT2D eigenvalue weighted by Gasteiger charge is -2.50. The Bertz CT molecular complexity index is 875. The standard InChI is InChI=1S/C24H28N2O3/c1-29-16-15-26-23(28)20-12-6-5-11-19(20)21(24(26)13-7-8-14-24)22(27)25-17-18-9-3-2-4-10-18/h2-6,9-12,21H,7-8,13-17H2,1H3,(H,25,27). The number of carbonyl (C=O) groups excluding carboxylic acids is 2. The van der Waals surface area contributed by atoms with E-state index in [2.05, 4.69) is 5.32 Å². The highest BCUT2D eigenvalue weighted by Crippen LogP contribution is 2.50.